The van der Waals surface area contributed by atoms with Gasteiger partial charge in [-0.25, -0.2) is 0 Å². The Balaban J connectivity index is 1.92. The van der Waals surface area contributed by atoms with Gasteiger partial charge in [0.25, 0.3) is 0 Å². The normalized spacial score (nSPS) is 19.1. The average molecular weight is 393 g/mol. The average Bonchev–Trinajstić information content (AvgIpc) is 2.71. The molecule has 4 N–H and O–H groups in total. The standard InChI is InChI=1S/C26H52N2/c1-3-4-5-6-7-8-9-10-11-12-13-14-15-16-20-23-25(27)26(2,28)24-21-18-17-19-22-24/h10-11,24-25H,3-9,12-23,27-28H2,1-2H3/b11-10-. The van der Waals surface area contributed by atoms with Gasteiger partial charge in [0.2, 0.25) is 0 Å². The molecule has 0 saturated heterocycles. The zero-order valence-electron chi connectivity index (χ0n) is 19.4. The van der Waals surface area contributed by atoms with E-state index < -0.39 is 0 Å². The molecule has 1 rings (SSSR count). The fourth-order valence-electron chi connectivity index (χ4n) is 4.77. The van der Waals surface area contributed by atoms with Crippen molar-refractivity contribution in [1.29, 1.82) is 0 Å². The lowest BCUT2D eigenvalue weighted by Crippen LogP contribution is -2.58. The molecule has 2 nitrogen and oxygen atoms in total. The van der Waals surface area contributed by atoms with Crippen LogP contribution in [0, 0.1) is 5.92 Å². The second kappa shape index (κ2) is 16.5. The third-order valence-corrected chi connectivity index (χ3v) is 7.06. The molecule has 0 aromatic heterocycles. The van der Waals surface area contributed by atoms with Crippen LogP contribution in [0.5, 0.6) is 0 Å². The largest absolute Gasteiger partial charge is 0.326 e. The van der Waals surface area contributed by atoms with E-state index in [0.717, 1.165) is 6.42 Å². The second-order valence-corrected chi connectivity index (χ2v) is 9.68. The first kappa shape index (κ1) is 25.7. The van der Waals surface area contributed by atoms with Crippen LogP contribution in [0.15, 0.2) is 12.2 Å². The zero-order chi connectivity index (χ0) is 20.5. The molecule has 1 saturated carbocycles. The highest BCUT2D eigenvalue weighted by molar-refractivity contribution is 4.96. The van der Waals surface area contributed by atoms with Crippen LogP contribution in [0.2, 0.25) is 0 Å². The van der Waals surface area contributed by atoms with E-state index >= 15 is 0 Å². The third kappa shape index (κ3) is 11.6. The summed E-state index contributed by atoms with van der Waals surface area (Å²) < 4.78 is 0. The van der Waals surface area contributed by atoms with Crippen molar-refractivity contribution >= 4 is 0 Å². The molecule has 0 aromatic carbocycles. The van der Waals surface area contributed by atoms with Gasteiger partial charge in [-0.15, -0.1) is 0 Å². The molecule has 1 aliphatic rings. The third-order valence-electron chi connectivity index (χ3n) is 7.06. The molecular formula is C26H52N2. The minimum atomic E-state index is -0.165. The van der Waals surface area contributed by atoms with Gasteiger partial charge in [0.05, 0.1) is 0 Å². The van der Waals surface area contributed by atoms with Gasteiger partial charge >= 0.3 is 0 Å². The van der Waals surface area contributed by atoms with Crippen molar-refractivity contribution in [3.63, 3.8) is 0 Å². The number of allylic oxidation sites excluding steroid dienone is 2. The van der Waals surface area contributed by atoms with Crippen molar-refractivity contribution < 1.29 is 0 Å². The van der Waals surface area contributed by atoms with Crippen molar-refractivity contribution in [3.8, 4) is 0 Å². The molecule has 0 aromatic rings. The number of hydrogen-bond acceptors (Lipinski definition) is 2. The fraction of sp³-hybridized carbons (Fsp3) is 0.923. The van der Waals surface area contributed by atoms with Crippen LogP contribution < -0.4 is 11.5 Å². The Hall–Kier alpha value is -0.340. The van der Waals surface area contributed by atoms with E-state index in [9.17, 15) is 0 Å². The molecule has 0 spiro atoms. The molecule has 166 valence electrons. The summed E-state index contributed by atoms with van der Waals surface area (Å²) in [5.74, 6) is 0.638. The summed E-state index contributed by atoms with van der Waals surface area (Å²) in [6.45, 7) is 4.50. The van der Waals surface area contributed by atoms with E-state index in [0.29, 0.717) is 5.92 Å². The zero-order valence-corrected chi connectivity index (χ0v) is 19.4. The molecule has 2 unspecified atom stereocenters. The number of rotatable bonds is 17. The summed E-state index contributed by atoms with van der Waals surface area (Å²) in [7, 11) is 0. The van der Waals surface area contributed by atoms with Crippen molar-refractivity contribution in [2.24, 2.45) is 17.4 Å². The van der Waals surface area contributed by atoms with E-state index in [1.807, 2.05) is 0 Å². The molecule has 0 radical (unpaired) electrons. The van der Waals surface area contributed by atoms with Crippen molar-refractivity contribution in [2.45, 2.75) is 147 Å². The summed E-state index contributed by atoms with van der Waals surface area (Å²) in [6, 6.07) is 0.167. The van der Waals surface area contributed by atoms with Crippen LogP contribution in [0.3, 0.4) is 0 Å². The van der Waals surface area contributed by atoms with Gasteiger partial charge in [-0.3, -0.25) is 0 Å². The molecule has 1 fully saturated rings. The lowest BCUT2D eigenvalue weighted by atomic mass is 9.71. The maximum absolute atomic E-state index is 6.66. The van der Waals surface area contributed by atoms with E-state index in [1.54, 1.807) is 0 Å². The highest BCUT2D eigenvalue weighted by Crippen LogP contribution is 2.33. The first-order valence-electron chi connectivity index (χ1n) is 12.8. The first-order valence-corrected chi connectivity index (χ1v) is 12.8. The molecule has 0 bridgehead atoms. The van der Waals surface area contributed by atoms with Crippen LogP contribution in [-0.4, -0.2) is 11.6 Å². The predicted molar refractivity (Wildman–Crippen MR) is 127 cm³/mol. The Morgan fingerprint density at radius 1 is 0.786 bits per heavy atom. The highest BCUT2D eigenvalue weighted by atomic mass is 14.9. The first-order chi connectivity index (χ1) is 13.6. The van der Waals surface area contributed by atoms with Gasteiger partial charge in [0.15, 0.2) is 0 Å². The Bertz CT molecular complexity index is 369. The van der Waals surface area contributed by atoms with Gasteiger partial charge < -0.3 is 11.5 Å². The van der Waals surface area contributed by atoms with Crippen molar-refractivity contribution in [2.75, 3.05) is 0 Å². The second-order valence-electron chi connectivity index (χ2n) is 9.68. The molecule has 28 heavy (non-hydrogen) atoms. The quantitative estimate of drug-likeness (QED) is 0.197. The molecule has 0 heterocycles. The Morgan fingerprint density at radius 2 is 1.29 bits per heavy atom. The smallest absolute Gasteiger partial charge is 0.0307 e. The Kier molecular flexibility index (Phi) is 15.1. The van der Waals surface area contributed by atoms with E-state index in [2.05, 4.69) is 26.0 Å². The monoisotopic (exact) mass is 392 g/mol. The predicted octanol–water partition coefficient (Wildman–Crippen LogP) is 7.65. The van der Waals surface area contributed by atoms with Crippen molar-refractivity contribution in [1.82, 2.24) is 0 Å². The maximum Gasteiger partial charge on any atom is 0.0307 e. The summed E-state index contributed by atoms with van der Waals surface area (Å²) in [5, 5.41) is 0. The highest BCUT2D eigenvalue weighted by Gasteiger charge is 2.35. The van der Waals surface area contributed by atoms with Crippen LogP contribution in [-0.2, 0) is 0 Å². The summed E-state index contributed by atoms with van der Waals surface area (Å²) in [4.78, 5) is 0. The van der Waals surface area contributed by atoms with Crippen molar-refractivity contribution in [3.05, 3.63) is 12.2 Å². The Labute approximate surface area is 177 Å². The lowest BCUT2D eigenvalue weighted by Gasteiger charge is -2.41. The minimum absolute atomic E-state index is 0.165. The van der Waals surface area contributed by atoms with Gasteiger partial charge in [-0.2, -0.15) is 0 Å². The van der Waals surface area contributed by atoms with E-state index in [-0.39, 0.29) is 11.6 Å². The molecule has 0 amide bonds. The lowest BCUT2D eigenvalue weighted by molar-refractivity contribution is 0.183. The van der Waals surface area contributed by atoms with Crippen LogP contribution in [0.1, 0.15) is 136 Å². The fourth-order valence-corrected chi connectivity index (χ4v) is 4.77. The topological polar surface area (TPSA) is 52.0 Å². The molecule has 2 atom stereocenters. The van der Waals surface area contributed by atoms with Crippen LogP contribution >= 0.6 is 0 Å². The molecule has 1 aliphatic carbocycles. The SMILES string of the molecule is CCCCCCCC/C=C\CCCCCCCC(N)C(C)(N)C1CCCCC1. The molecular weight excluding hydrogens is 340 g/mol. The van der Waals surface area contributed by atoms with Crippen LogP contribution in [0.25, 0.3) is 0 Å². The number of nitrogens with two attached hydrogens (primary N) is 2. The summed E-state index contributed by atoms with van der Waals surface area (Å²) in [6.07, 6.45) is 30.1. The van der Waals surface area contributed by atoms with E-state index in [1.165, 1.54) is 116 Å². The summed E-state index contributed by atoms with van der Waals surface area (Å²) in [5.41, 5.74) is 13.0. The number of unbranched alkanes of at least 4 members (excludes halogenated alkanes) is 11. The summed E-state index contributed by atoms with van der Waals surface area (Å²) >= 11 is 0. The van der Waals surface area contributed by atoms with Gasteiger partial charge in [0, 0.05) is 11.6 Å². The Morgan fingerprint density at radius 3 is 1.86 bits per heavy atom. The van der Waals surface area contributed by atoms with Gasteiger partial charge in [0.1, 0.15) is 0 Å². The minimum Gasteiger partial charge on any atom is -0.326 e. The number of hydrogen-bond donors (Lipinski definition) is 2. The van der Waals surface area contributed by atoms with Gasteiger partial charge in [-0.05, 0) is 57.8 Å². The molecule has 0 aliphatic heterocycles. The molecule has 2 heteroatoms. The maximum atomic E-state index is 6.66. The van der Waals surface area contributed by atoms with E-state index in [4.69, 9.17) is 11.5 Å². The van der Waals surface area contributed by atoms with Gasteiger partial charge in [-0.1, -0.05) is 96.1 Å². The van der Waals surface area contributed by atoms with Crippen LogP contribution in [0.4, 0.5) is 0 Å².